The maximum atomic E-state index is 13.4. The number of nitrogen functional groups attached to an aromatic ring is 1. The van der Waals surface area contributed by atoms with Gasteiger partial charge in [-0.3, -0.25) is 15.5 Å². The number of halogens is 1. The number of benzene rings is 1. The van der Waals surface area contributed by atoms with Crippen LogP contribution >= 0.6 is 0 Å². The molecule has 0 spiro atoms. The molecule has 1 aromatic heterocycles. The van der Waals surface area contributed by atoms with Gasteiger partial charge in [0.25, 0.3) is 11.6 Å². The molecule has 0 aliphatic heterocycles. The van der Waals surface area contributed by atoms with Crippen molar-refractivity contribution in [3.05, 3.63) is 46.4 Å². The Labute approximate surface area is 106 Å². The molecule has 19 heavy (non-hydrogen) atoms. The number of nitrogens with two attached hydrogens (primary N) is 1. The maximum absolute atomic E-state index is 13.4. The second kappa shape index (κ2) is 5.23. The highest BCUT2D eigenvalue weighted by atomic mass is 19.1. The summed E-state index contributed by atoms with van der Waals surface area (Å²) in [5.41, 5.74) is 2.05. The van der Waals surface area contributed by atoms with Crippen LogP contribution in [-0.2, 0) is 0 Å². The normalized spacial score (nSPS) is 10.0. The van der Waals surface area contributed by atoms with Gasteiger partial charge >= 0.3 is 0 Å². The Hall–Kier alpha value is -2.81. The summed E-state index contributed by atoms with van der Waals surface area (Å²) in [4.78, 5) is 17.1. The SMILES string of the molecule is NNc1ncc(F)c(Oc2ccc([N+](=O)[O-])cc2)n1. The Morgan fingerprint density at radius 2 is 2.05 bits per heavy atom. The Kier molecular flexibility index (Phi) is 3.48. The van der Waals surface area contributed by atoms with Crippen molar-refractivity contribution in [3.63, 3.8) is 0 Å². The number of nitrogens with one attached hydrogen (secondary N) is 1. The van der Waals surface area contributed by atoms with E-state index in [0.717, 1.165) is 6.20 Å². The Balaban J connectivity index is 2.23. The van der Waals surface area contributed by atoms with E-state index >= 15 is 0 Å². The highest BCUT2D eigenvalue weighted by Crippen LogP contribution is 2.24. The minimum absolute atomic E-state index is 0.0155. The third-order valence-electron chi connectivity index (χ3n) is 2.10. The number of aromatic nitrogens is 2. The van der Waals surface area contributed by atoms with Crippen LogP contribution < -0.4 is 16.0 Å². The molecule has 0 fully saturated rings. The molecular formula is C10H8FN5O3. The number of anilines is 1. The van der Waals surface area contributed by atoms with Gasteiger partial charge in [-0.15, -0.1) is 0 Å². The van der Waals surface area contributed by atoms with Crippen LogP contribution in [0.1, 0.15) is 0 Å². The molecule has 1 aromatic carbocycles. The Morgan fingerprint density at radius 3 is 2.63 bits per heavy atom. The lowest BCUT2D eigenvalue weighted by Crippen LogP contribution is -2.11. The zero-order chi connectivity index (χ0) is 13.8. The van der Waals surface area contributed by atoms with E-state index in [-0.39, 0.29) is 23.3 Å². The van der Waals surface area contributed by atoms with Gasteiger partial charge in [-0.2, -0.15) is 9.37 Å². The van der Waals surface area contributed by atoms with Crippen molar-refractivity contribution in [2.24, 2.45) is 5.84 Å². The summed E-state index contributed by atoms with van der Waals surface area (Å²) in [6.07, 6.45) is 0.892. The van der Waals surface area contributed by atoms with Gasteiger partial charge in [0.2, 0.25) is 11.8 Å². The van der Waals surface area contributed by atoms with E-state index in [1.165, 1.54) is 24.3 Å². The zero-order valence-electron chi connectivity index (χ0n) is 9.41. The van der Waals surface area contributed by atoms with Crippen molar-refractivity contribution in [2.75, 3.05) is 5.43 Å². The van der Waals surface area contributed by atoms with E-state index in [1.54, 1.807) is 0 Å². The fraction of sp³-hybridized carbons (Fsp3) is 0. The van der Waals surface area contributed by atoms with Crippen molar-refractivity contribution >= 4 is 11.6 Å². The molecule has 0 unspecified atom stereocenters. The van der Waals surface area contributed by atoms with Gasteiger partial charge in [-0.05, 0) is 12.1 Å². The summed E-state index contributed by atoms with van der Waals surface area (Å²) in [7, 11) is 0. The van der Waals surface area contributed by atoms with Gasteiger partial charge in [0, 0.05) is 12.1 Å². The number of ether oxygens (including phenoxy) is 1. The van der Waals surface area contributed by atoms with Crippen LogP contribution in [0.2, 0.25) is 0 Å². The first-order valence-corrected chi connectivity index (χ1v) is 5.01. The lowest BCUT2D eigenvalue weighted by Gasteiger charge is -2.06. The minimum atomic E-state index is -0.780. The Morgan fingerprint density at radius 1 is 1.37 bits per heavy atom. The predicted octanol–water partition coefficient (Wildman–Crippen LogP) is 1.60. The van der Waals surface area contributed by atoms with Crippen LogP contribution in [0.25, 0.3) is 0 Å². The number of hydrogen-bond donors (Lipinski definition) is 2. The molecule has 2 aromatic rings. The van der Waals surface area contributed by atoms with Crippen LogP contribution in [0.5, 0.6) is 11.6 Å². The molecule has 98 valence electrons. The highest BCUT2D eigenvalue weighted by molar-refractivity contribution is 5.38. The highest BCUT2D eigenvalue weighted by Gasteiger charge is 2.10. The van der Waals surface area contributed by atoms with Crippen LogP contribution in [0.4, 0.5) is 16.0 Å². The monoisotopic (exact) mass is 265 g/mol. The third-order valence-corrected chi connectivity index (χ3v) is 2.10. The Bertz CT molecular complexity index is 605. The molecule has 0 radical (unpaired) electrons. The number of rotatable bonds is 4. The van der Waals surface area contributed by atoms with Gasteiger partial charge in [0.05, 0.1) is 11.1 Å². The number of hydrazine groups is 1. The standard InChI is InChI=1S/C10H8FN5O3/c11-8-5-13-10(15-12)14-9(8)19-7-3-1-6(2-4-7)16(17)18/h1-5H,12H2,(H,13,14,15). The van der Waals surface area contributed by atoms with Gasteiger partial charge in [0.15, 0.2) is 0 Å². The summed E-state index contributed by atoms with van der Waals surface area (Å²) in [6, 6.07) is 5.12. The fourth-order valence-electron chi connectivity index (χ4n) is 1.24. The summed E-state index contributed by atoms with van der Waals surface area (Å²) >= 11 is 0. The molecule has 0 aliphatic rings. The van der Waals surface area contributed by atoms with Crippen LogP contribution in [0, 0.1) is 15.9 Å². The van der Waals surface area contributed by atoms with Crippen LogP contribution in [0.3, 0.4) is 0 Å². The fourth-order valence-corrected chi connectivity index (χ4v) is 1.24. The lowest BCUT2D eigenvalue weighted by molar-refractivity contribution is -0.384. The number of nitrogens with zero attached hydrogens (tertiary/aromatic N) is 3. The van der Waals surface area contributed by atoms with Crippen molar-refractivity contribution in [2.45, 2.75) is 0 Å². The van der Waals surface area contributed by atoms with Crippen LogP contribution in [-0.4, -0.2) is 14.9 Å². The average Bonchev–Trinajstić information content (AvgIpc) is 2.42. The summed E-state index contributed by atoms with van der Waals surface area (Å²) in [5.74, 6) is 4.16. The number of nitro groups is 1. The molecule has 9 heteroatoms. The molecule has 8 nitrogen and oxygen atoms in total. The van der Waals surface area contributed by atoms with Gasteiger partial charge in [-0.1, -0.05) is 0 Å². The number of nitro benzene ring substituents is 1. The first-order valence-electron chi connectivity index (χ1n) is 5.01. The molecule has 3 N–H and O–H groups in total. The molecule has 1 heterocycles. The molecule has 0 bridgehead atoms. The van der Waals surface area contributed by atoms with Crippen molar-refractivity contribution in [1.29, 1.82) is 0 Å². The third kappa shape index (κ3) is 2.90. The average molecular weight is 265 g/mol. The number of non-ortho nitro benzene ring substituents is 1. The van der Waals surface area contributed by atoms with E-state index in [1.807, 2.05) is 0 Å². The minimum Gasteiger partial charge on any atom is -0.436 e. The predicted molar refractivity (Wildman–Crippen MR) is 63.0 cm³/mol. The van der Waals surface area contributed by atoms with Gasteiger partial charge < -0.3 is 4.74 Å². The van der Waals surface area contributed by atoms with Crippen molar-refractivity contribution in [1.82, 2.24) is 9.97 Å². The number of hydrogen-bond acceptors (Lipinski definition) is 7. The molecule has 0 aliphatic carbocycles. The molecule has 0 amide bonds. The first kappa shape index (κ1) is 12.6. The lowest BCUT2D eigenvalue weighted by atomic mass is 10.3. The second-order valence-electron chi connectivity index (χ2n) is 3.34. The van der Waals surface area contributed by atoms with Gasteiger partial charge in [0.1, 0.15) is 5.75 Å². The molecular weight excluding hydrogens is 257 g/mol. The molecule has 0 atom stereocenters. The smallest absolute Gasteiger partial charge is 0.269 e. The first-order chi connectivity index (χ1) is 9.10. The summed E-state index contributed by atoms with van der Waals surface area (Å²) in [6.45, 7) is 0. The van der Waals surface area contributed by atoms with E-state index in [0.29, 0.717) is 0 Å². The largest absolute Gasteiger partial charge is 0.436 e. The molecule has 2 rings (SSSR count). The van der Waals surface area contributed by atoms with Crippen molar-refractivity contribution < 1.29 is 14.1 Å². The van der Waals surface area contributed by atoms with Gasteiger partial charge in [-0.25, -0.2) is 10.8 Å². The van der Waals surface area contributed by atoms with E-state index in [9.17, 15) is 14.5 Å². The van der Waals surface area contributed by atoms with E-state index < -0.39 is 10.7 Å². The second-order valence-corrected chi connectivity index (χ2v) is 3.34. The van der Waals surface area contributed by atoms with Crippen LogP contribution in [0.15, 0.2) is 30.5 Å². The molecule has 0 saturated carbocycles. The molecule has 0 saturated heterocycles. The topological polar surface area (TPSA) is 116 Å². The quantitative estimate of drug-likeness (QED) is 0.490. The van der Waals surface area contributed by atoms with E-state index in [4.69, 9.17) is 10.6 Å². The zero-order valence-corrected chi connectivity index (χ0v) is 9.41. The summed E-state index contributed by atoms with van der Waals surface area (Å²) < 4.78 is 18.5. The van der Waals surface area contributed by atoms with E-state index in [2.05, 4.69) is 15.4 Å². The van der Waals surface area contributed by atoms with Crippen molar-refractivity contribution in [3.8, 4) is 11.6 Å². The summed E-state index contributed by atoms with van der Waals surface area (Å²) in [5, 5.41) is 10.5. The maximum Gasteiger partial charge on any atom is 0.269 e.